The third-order valence-corrected chi connectivity index (χ3v) is 4.52. The molecule has 0 aliphatic rings. The van der Waals surface area contributed by atoms with Crippen LogP contribution in [-0.2, 0) is 6.54 Å². The molecule has 0 saturated heterocycles. The monoisotopic (exact) mass is 354 g/mol. The van der Waals surface area contributed by atoms with Gasteiger partial charge in [0.25, 0.3) is 0 Å². The van der Waals surface area contributed by atoms with Crippen molar-refractivity contribution in [1.82, 2.24) is 4.57 Å². The predicted molar refractivity (Wildman–Crippen MR) is 93.4 cm³/mol. The van der Waals surface area contributed by atoms with Crippen molar-refractivity contribution in [3.63, 3.8) is 0 Å². The number of nitrogens with two attached hydrogens (primary N) is 1. The van der Waals surface area contributed by atoms with Gasteiger partial charge in [0.2, 0.25) is 5.91 Å². The Labute approximate surface area is 146 Å². The van der Waals surface area contributed by atoms with Crippen LogP contribution in [0.3, 0.4) is 0 Å². The zero-order valence-electron chi connectivity index (χ0n) is 13.5. The average molecular weight is 354 g/mol. The molecule has 0 unspecified atom stereocenters. The molecule has 4 aromatic rings. The van der Waals surface area contributed by atoms with Gasteiger partial charge in [0.05, 0.1) is 12.1 Å². The lowest BCUT2D eigenvalue weighted by molar-refractivity contribution is 0.100. The van der Waals surface area contributed by atoms with Gasteiger partial charge < -0.3 is 10.3 Å². The highest BCUT2D eigenvalue weighted by atomic mass is 19.2. The van der Waals surface area contributed by atoms with Crippen LogP contribution in [-0.4, -0.2) is 10.5 Å². The molecular weight excluding hydrogens is 341 g/mol. The summed E-state index contributed by atoms with van der Waals surface area (Å²) in [5, 5.41) is 1.34. The largest absolute Gasteiger partial charge is 0.366 e. The van der Waals surface area contributed by atoms with Crippen molar-refractivity contribution < 1.29 is 18.0 Å². The number of carbonyl (C=O) groups is 1. The Hall–Kier alpha value is -3.28. The van der Waals surface area contributed by atoms with Crippen LogP contribution in [0.25, 0.3) is 21.8 Å². The van der Waals surface area contributed by atoms with E-state index in [-0.39, 0.29) is 12.1 Å². The number of para-hydroxylation sites is 1. The smallest absolute Gasteiger partial charge is 0.249 e. The van der Waals surface area contributed by atoms with Crippen molar-refractivity contribution in [3.8, 4) is 0 Å². The molecule has 4 rings (SSSR count). The molecule has 26 heavy (non-hydrogen) atoms. The number of aromatic nitrogens is 1. The maximum absolute atomic E-state index is 14.2. The summed E-state index contributed by atoms with van der Waals surface area (Å²) in [5.74, 6) is -3.76. The van der Waals surface area contributed by atoms with Gasteiger partial charge in [-0.1, -0.05) is 24.3 Å². The maximum atomic E-state index is 14.2. The van der Waals surface area contributed by atoms with E-state index in [0.717, 1.165) is 17.5 Å². The second-order valence-electron chi connectivity index (χ2n) is 5.99. The van der Waals surface area contributed by atoms with Crippen molar-refractivity contribution in [3.05, 3.63) is 83.2 Å². The summed E-state index contributed by atoms with van der Waals surface area (Å²) in [5.41, 5.74) is 6.68. The van der Waals surface area contributed by atoms with E-state index < -0.39 is 23.4 Å². The fourth-order valence-electron chi connectivity index (χ4n) is 3.35. The number of rotatable bonds is 3. The Balaban J connectivity index is 2.06. The Morgan fingerprint density at radius 2 is 1.58 bits per heavy atom. The van der Waals surface area contributed by atoms with Gasteiger partial charge in [-0.15, -0.1) is 0 Å². The number of carbonyl (C=O) groups excluding carboxylic acids is 1. The number of benzene rings is 3. The summed E-state index contributed by atoms with van der Waals surface area (Å²) < 4.78 is 43.5. The molecule has 0 bridgehead atoms. The molecule has 130 valence electrons. The Morgan fingerprint density at radius 1 is 0.885 bits per heavy atom. The first-order chi connectivity index (χ1) is 12.5. The van der Waals surface area contributed by atoms with Crippen LogP contribution in [0.15, 0.2) is 54.6 Å². The van der Waals surface area contributed by atoms with Crippen LogP contribution in [0.4, 0.5) is 13.2 Å². The molecule has 0 spiro atoms. The first-order valence-electron chi connectivity index (χ1n) is 7.91. The molecule has 1 amide bonds. The van der Waals surface area contributed by atoms with Gasteiger partial charge in [0.1, 0.15) is 5.82 Å². The molecule has 0 atom stereocenters. The van der Waals surface area contributed by atoms with Gasteiger partial charge in [0.15, 0.2) is 11.6 Å². The summed E-state index contributed by atoms with van der Waals surface area (Å²) in [6, 6.07) is 13.8. The lowest BCUT2D eigenvalue weighted by Crippen LogP contribution is -2.11. The molecule has 0 aliphatic carbocycles. The first kappa shape index (κ1) is 16.2. The van der Waals surface area contributed by atoms with Gasteiger partial charge in [0, 0.05) is 27.4 Å². The van der Waals surface area contributed by atoms with Crippen LogP contribution in [0, 0.1) is 17.5 Å². The molecule has 3 nitrogen and oxygen atoms in total. The van der Waals surface area contributed by atoms with Crippen LogP contribution in [0.2, 0.25) is 0 Å². The van der Waals surface area contributed by atoms with Crippen LogP contribution >= 0.6 is 0 Å². The van der Waals surface area contributed by atoms with Crippen molar-refractivity contribution in [2.75, 3.05) is 0 Å². The number of amides is 1. The van der Waals surface area contributed by atoms with Gasteiger partial charge in [-0.3, -0.25) is 4.79 Å². The second-order valence-corrected chi connectivity index (χ2v) is 5.99. The summed E-state index contributed by atoms with van der Waals surface area (Å²) in [4.78, 5) is 11.8. The third-order valence-electron chi connectivity index (χ3n) is 4.52. The van der Waals surface area contributed by atoms with E-state index in [1.54, 1.807) is 47.0 Å². The number of primary amides is 1. The van der Waals surface area contributed by atoms with E-state index in [1.165, 1.54) is 0 Å². The van der Waals surface area contributed by atoms with Gasteiger partial charge >= 0.3 is 0 Å². The number of halogens is 3. The molecule has 1 heterocycles. The molecule has 2 N–H and O–H groups in total. The summed E-state index contributed by atoms with van der Waals surface area (Å²) in [6.45, 7) is -0.221. The van der Waals surface area contributed by atoms with E-state index in [9.17, 15) is 18.0 Å². The highest BCUT2D eigenvalue weighted by molar-refractivity contribution is 6.17. The minimum Gasteiger partial charge on any atom is -0.366 e. The van der Waals surface area contributed by atoms with Crippen LogP contribution in [0.1, 0.15) is 15.9 Å². The van der Waals surface area contributed by atoms with E-state index >= 15 is 0 Å². The van der Waals surface area contributed by atoms with Gasteiger partial charge in [-0.05, 0) is 30.3 Å². The van der Waals surface area contributed by atoms with Gasteiger partial charge in [-0.2, -0.15) is 0 Å². The first-order valence-corrected chi connectivity index (χ1v) is 7.91. The van der Waals surface area contributed by atoms with Gasteiger partial charge in [-0.25, -0.2) is 13.2 Å². The minimum absolute atomic E-state index is 0.221. The van der Waals surface area contributed by atoms with E-state index in [0.29, 0.717) is 22.0 Å². The molecular formula is C20H13F3N2O. The molecule has 0 aliphatic heterocycles. The maximum Gasteiger partial charge on any atom is 0.249 e. The van der Waals surface area contributed by atoms with E-state index in [4.69, 9.17) is 5.73 Å². The predicted octanol–water partition coefficient (Wildman–Crippen LogP) is 4.36. The molecule has 1 aromatic heterocycles. The zero-order valence-corrected chi connectivity index (χ0v) is 13.5. The fraction of sp³-hybridized carbons (Fsp3) is 0.0500. The number of fused-ring (bicyclic) bond motifs is 3. The van der Waals surface area contributed by atoms with E-state index in [1.807, 2.05) is 0 Å². The molecule has 0 saturated carbocycles. The van der Waals surface area contributed by atoms with Crippen molar-refractivity contribution >= 4 is 27.7 Å². The third kappa shape index (κ3) is 2.34. The normalized spacial score (nSPS) is 11.3. The number of hydrogen-bond donors (Lipinski definition) is 1. The average Bonchev–Trinajstić information content (AvgIpc) is 2.96. The van der Waals surface area contributed by atoms with Crippen LogP contribution in [0.5, 0.6) is 0 Å². The lowest BCUT2D eigenvalue weighted by atomic mass is 10.1. The SMILES string of the molecule is NC(=O)c1cccc2c1c1ccccc1n2Cc1c(F)ccc(F)c1F. The zero-order chi connectivity index (χ0) is 18.4. The molecule has 0 radical (unpaired) electrons. The number of nitrogens with zero attached hydrogens (tertiary/aromatic N) is 1. The lowest BCUT2D eigenvalue weighted by Gasteiger charge is -2.10. The standard InChI is InChI=1S/C20H13F3N2O/c21-14-8-9-15(22)19(23)13(14)10-25-16-6-2-1-4-11(16)18-12(20(24)26)5-3-7-17(18)25/h1-9H,10H2,(H2,24,26). The molecule has 3 aromatic carbocycles. The summed E-state index contributed by atoms with van der Waals surface area (Å²) >= 11 is 0. The Morgan fingerprint density at radius 3 is 2.35 bits per heavy atom. The number of hydrogen-bond acceptors (Lipinski definition) is 1. The second kappa shape index (κ2) is 5.91. The van der Waals surface area contributed by atoms with Crippen LogP contribution < -0.4 is 5.73 Å². The van der Waals surface area contributed by atoms with Crippen molar-refractivity contribution in [2.45, 2.75) is 6.54 Å². The van der Waals surface area contributed by atoms with E-state index in [2.05, 4.69) is 0 Å². The Kier molecular flexibility index (Phi) is 3.68. The minimum atomic E-state index is -1.22. The summed E-state index contributed by atoms with van der Waals surface area (Å²) in [7, 11) is 0. The fourth-order valence-corrected chi connectivity index (χ4v) is 3.35. The molecule has 0 fully saturated rings. The topological polar surface area (TPSA) is 48.0 Å². The molecule has 6 heteroatoms. The summed E-state index contributed by atoms with van der Waals surface area (Å²) in [6.07, 6.45) is 0. The quantitative estimate of drug-likeness (QED) is 0.546. The van der Waals surface area contributed by atoms with Crippen molar-refractivity contribution in [2.24, 2.45) is 5.73 Å². The highest BCUT2D eigenvalue weighted by Crippen LogP contribution is 2.32. The Bertz CT molecular complexity index is 1180. The van der Waals surface area contributed by atoms with Crippen molar-refractivity contribution in [1.29, 1.82) is 0 Å². The highest BCUT2D eigenvalue weighted by Gasteiger charge is 2.19.